The van der Waals surface area contributed by atoms with Crippen molar-refractivity contribution in [3.63, 3.8) is 0 Å². The number of amides is 1. The van der Waals surface area contributed by atoms with E-state index in [0.29, 0.717) is 6.42 Å². The molecule has 1 unspecified atom stereocenters. The van der Waals surface area contributed by atoms with Crippen LogP contribution < -0.4 is 5.32 Å². The molecule has 1 fully saturated rings. The third-order valence-corrected chi connectivity index (χ3v) is 3.54. The van der Waals surface area contributed by atoms with Crippen LogP contribution in [0.4, 0.5) is 0 Å². The summed E-state index contributed by atoms with van der Waals surface area (Å²) < 4.78 is 0. The lowest BCUT2D eigenvalue weighted by molar-refractivity contribution is -0.123. The van der Waals surface area contributed by atoms with E-state index in [1.165, 1.54) is 0 Å². The van der Waals surface area contributed by atoms with E-state index in [1.807, 2.05) is 19.1 Å². The van der Waals surface area contributed by atoms with Crippen LogP contribution in [-0.4, -0.2) is 53.9 Å². The van der Waals surface area contributed by atoms with Gasteiger partial charge in [0, 0.05) is 45.0 Å². The van der Waals surface area contributed by atoms with E-state index >= 15 is 0 Å². The van der Waals surface area contributed by atoms with Crippen molar-refractivity contribution in [3.05, 3.63) is 30.1 Å². The molecule has 0 saturated carbocycles. The number of nitrogens with one attached hydrogen (secondary N) is 1. The molecule has 0 spiro atoms. The van der Waals surface area contributed by atoms with Crippen molar-refractivity contribution in [3.8, 4) is 0 Å². The average molecular weight is 262 g/mol. The number of likely N-dealkylation sites (N-methyl/N-ethyl adjacent to an activating group) is 1. The second-order valence-corrected chi connectivity index (χ2v) is 4.94. The molecule has 0 aromatic carbocycles. The molecular weight excluding hydrogens is 240 g/mol. The van der Waals surface area contributed by atoms with Gasteiger partial charge in [-0.2, -0.15) is 0 Å². The maximum atomic E-state index is 11.7. The molecule has 1 aromatic heterocycles. The van der Waals surface area contributed by atoms with E-state index in [-0.39, 0.29) is 12.1 Å². The molecule has 5 nitrogen and oxygen atoms in total. The van der Waals surface area contributed by atoms with Crippen molar-refractivity contribution in [1.82, 2.24) is 20.1 Å². The molecule has 1 atom stereocenters. The van der Waals surface area contributed by atoms with Crippen LogP contribution in [0, 0.1) is 0 Å². The lowest BCUT2D eigenvalue weighted by Crippen LogP contribution is -2.50. The van der Waals surface area contributed by atoms with Crippen LogP contribution in [0.1, 0.15) is 25.1 Å². The van der Waals surface area contributed by atoms with Crippen LogP contribution >= 0.6 is 0 Å². The van der Waals surface area contributed by atoms with Gasteiger partial charge in [-0.1, -0.05) is 6.92 Å². The molecule has 0 radical (unpaired) electrons. The average Bonchev–Trinajstić information content (AvgIpc) is 2.46. The van der Waals surface area contributed by atoms with Gasteiger partial charge < -0.3 is 10.2 Å². The highest BCUT2D eigenvalue weighted by Crippen LogP contribution is 2.19. The molecule has 1 N–H and O–H groups in total. The zero-order valence-electron chi connectivity index (χ0n) is 11.7. The molecule has 5 heteroatoms. The van der Waals surface area contributed by atoms with Crippen molar-refractivity contribution in [2.45, 2.75) is 19.5 Å². The van der Waals surface area contributed by atoms with Gasteiger partial charge >= 0.3 is 0 Å². The first-order chi connectivity index (χ1) is 9.20. The van der Waals surface area contributed by atoms with Gasteiger partial charge in [-0.3, -0.25) is 14.7 Å². The summed E-state index contributed by atoms with van der Waals surface area (Å²) in [7, 11) is 2.13. The lowest BCUT2D eigenvalue weighted by atomic mass is 10.1. The van der Waals surface area contributed by atoms with Gasteiger partial charge in [0.05, 0.1) is 0 Å². The molecule has 1 aliphatic rings. The highest BCUT2D eigenvalue weighted by atomic mass is 16.1. The maximum absolute atomic E-state index is 11.7. The summed E-state index contributed by atoms with van der Waals surface area (Å²) in [6, 6.07) is 3.94. The fourth-order valence-corrected chi connectivity index (χ4v) is 2.27. The van der Waals surface area contributed by atoms with Gasteiger partial charge in [0.1, 0.15) is 6.17 Å². The molecule has 19 heavy (non-hydrogen) atoms. The first kappa shape index (κ1) is 14.0. The summed E-state index contributed by atoms with van der Waals surface area (Å²) in [6.45, 7) is 5.87. The summed E-state index contributed by atoms with van der Waals surface area (Å²) >= 11 is 0. The van der Waals surface area contributed by atoms with E-state index in [1.54, 1.807) is 12.4 Å². The smallest absolute Gasteiger partial charge is 0.221 e. The largest absolute Gasteiger partial charge is 0.336 e. The summed E-state index contributed by atoms with van der Waals surface area (Å²) in [5, 5.41) is 3.11. The fourth-order valence-electron chi connectivity index (χ4n) is 2.27. The van der Waals surface area contributed by atoms with E-state index in [4.69, 9.17) is 0 Å². The predicted molar refractivity (Wildman–Crippen MR) is 74.5 cm³/mol. The minimum absolute atomic E-state index is 0.0378. The number of pyridine rings is 1. The van der Waals surface area contributed by atoms with Crippen molar-refractivity contribution in [2.75, 3.05) is 33.2 Å². The van der Waals surface area contributed by atoms with Gasteiger partial charge in [-0.05, 0) is 24.7 Å². The zero-order valence-corrected chi connectivity index (χ0v) is 11.7. The Labute approximate surface area is 114 Å². The standard InChI is InChI=1S/C14H22N4O/c1-3-13(19)16-14(12-4-6-15-7-5-12)18-10-8-17(2)9-11-18/h4-7,14H,3,8-11H2,1-2H3,(H,16,19). The Morgan fingerprint density at radius 2 is 1.95 bits per heavy atom. The summed E-state index contributed by atoms with van der Waals surface area (Å²) in [4.78, 5) is 20.4. The second-order valence-electron chi connectivity index (χ2n) is 4.94. The Balaban J connectivity index is 2.12. The van der Waals surface area contributed by atoms with Gasteiger partial charge in [0.25, 0.3) is 0 Å². The van der Waals surface area contributed by atoms with Crippen molar-refractivity contribution < 1.29 is 4.79 Å². The molecule has 1 aliphatic heterocycles. The SMILES string of the molecule is CCC(=O)NC(c1ccncc1)N1CCN(C)CC1. The van der Waals surface area contributed by atoms with Gasteiger partial charge in [-0.25, -0.2) is 0 Å². The normalized spacial score (nSPS) is 19.1. The monoisotopic (exact) mass is 262 g/mol. The highest BCUT2D eigenvalue weighted by Gasteiger charge is 2.24. The van der Waals surface area contributed by atoms with Crippen LogP contribution in [0.15, 0.2) is 24.5 Å². The van der Waals surface area contributed by atoms with Crippen LogP contribution in [0.2, 0.25) is 0 Å². The van der Waals surface area contributed by atoms with Crippen LogP contribution in [0.3, 0.4) is 0 Å². The first-order valence-corrected chi connectivity index (χ1v) is 6.82. The molecule has 104 valence electrons. The zero-order chi connectivity index (χ0) is 13.7. The van der Waals surface area contributed by atoms with Gasteiger partial charge in [0.15, 0.2) is 0 Å². The Bertz CT molecular complexity index is 401. The summed E-state index contributed by atoms with van der Waals surface area (Å²) in [6.07, 6.45) is 4.02. The first-order valence-electron chi connectivity index (χ1n) is 6.82. The number of hydrogen-bond donors (Lipinski definition) is 1. The number of rotatable bonds is 4. The molecule has 1 aromatic rings. The van der Waals surface area contributed by atoms with E-state index in [2.05, 4.69) is 27.1 Å². The molecule has 2 heterocycles. The van der Waals surface area contributed by atoms with E-state index < -0.39 is 0 Å². The Kier molecular flexibility index (Phi) is 4.87. The number of hydrogen-bond acceptors (Lipinski definition) is 4. The fraction of sp³-hybridized carbons (Fsp3) is 0.571. The van der Waals surface area contributed by atoms with Gasteiger partial charge in [-0.15, -0.1) is 0 Å². The minimum atomic E-state index is -0.0378. The third-order valence-electron chi connectivity index (χ3n) is 3.54. The number of carbonyl (C=O) groups is 1. The molecule has 0 aliphatic carbocycles. The van der Waals surface area contributed by atoms with E-state index in [9.17, 15) is 4.79 Å². The Morgan fingerprint density at radius 1 is 1.32 bits per heavy atom. The quantitative estimate of drug-likeness (QED) is 0.874. The van der Waals surface area contributed by atoms with Crippen molar-refractivity contribution >= 4 is 5.91 Å². The highest BCUT2D eigenvalue weighted by molar-refractivity contribution is 5.76. The number of aromatic nitrogens is 1. The topological polar surface area (TPSA) is 48.5 Å². The number of nitrogens with zero attached hydrogens (tertiary/aromatic N) is 3. The van der Waals surface area contributed by atoms with Gasteiger partial charge in [0.2, 0.25) is 5.91 Å². The Hall–Kier alpha value is -1.46. The summed E-state index contributed by atoms with van der Waals surface area (Å²) in [5.74, 6) is 0.0840. The predicted octanol–water partition coefficient (Wildman–Crippen LogP) is 0.854. The molecule has 2 rings (SSSR count). The van der Waals surface area contributed by atoms with Crippen LogP contribution in [0.25, 0.3) is 0 Å². The van der Waals surface area contributed by atoms with Crippen molar-refractivity contribution in [1.29, 1.82) is 0 Å². The van der Waals surface area contributed by atoms with Crippen molar-refractivity contribution in [2.24, 2.45) is 0 Å². The molecular formula is C14H22N4O. The lowest BCUT2D eigenvalue weighted by Gasteiger charge is -2.38. The maximum Gasteiger partial charge on any atom is 0.221 e. The molecule has 0 bridgehead atoms. The van der Waals surface area contributed by atoms with E-state index in [0.717, 1.165) is 31.7 Å². The second kappa shape index (κ2) is 6.63. The summed E-state index contributed by atoms with van der Waals surface area (Å²) in [5.41, 5.74) is 1.10. The number of carbonyl (C=O) groups excluding carboxylic acids is 1. The van der Waals surface area contributed by atoms with Crippen LogP contribution in [-0.2, 0) is 4.79 Å². The number of piperazine rings is 1. The minimum Gasteiger partial charge on any atom is -0.336 e. The Morgan fingerprint density at radius 3 is 2.53 bits per heavy atom. The molecule has 1 amide bonds. The third kappa shape index (κ3) is 3.75. The molecule has 1 saturated heterocycles. The van der Waals surface area contributed by atoms with Crippen LogP contribution in [0.5, 0.6) is 0 Å².